The van der Waals surface area contributed by atoms with Crippen LogP contribution in [0.5, 0.6) is 23.0 Å². The molecule has 3 aromatic carbocycles. The molecule has 0 aliphatic carbocycles. The maximum absolute atomic E-state index is 12.5. The molecule has 0 N–H and O–H groups in total. The van der Waals surface area contributed by atoms with Crippen molar-refractivity contribution in [3.8, 4) is 23.0 Å². The highest BCUT2D eigenvalue weighted by atomic mass is 16.6. The van der Waals surface area contributed by atoms with E-state index in [2.05, 4.69) is 0 Å². The van der Waals surface area contributed by atoms with Crippen molar-refractivity contribution < 1.29 is 28.5 Å². The van der Waals surface area contributed by atoms with Gasteiger partial charge in [-0.3, -0.25) is 4.90 Å². The molecule has 1 atom stereocenters. The zero-order valence-electron chi connectivity index (χ0n) is 19.7. The molecular weight excluding hydrogens is 434 g/mol. The Labute approximate surface area is 199 Å². The van der Waals surface area contributed by atoms with E-state index < -0.39 is 0 Å². The molecule has 1 fully saturated rings. The number of hydrogen-bond acceptors (Lipinski definition) is 6. The van der Waals surface area contributed by atoms with E-state index in [-0.39, 0.29) is 12.1 Å². The lowest BCUT2D eigenvalue weighted by atomic mass is 10.0. The number of carbonyl (C=O) groups is 1. The van der Waals surface area contributed by atoms with Crippen LogP contribution in [0, 0.1) is 0 Å². The number of hydrogen-bond donors (Lipinski definition) is 0. The minimum absolute atomic E-state index is 0.0959. The maximum Gasteiger partial charge on any atom is 0.410 e. The van der Waals surface area contributed by atoms with Gasteiger partial charge in [0.15, 0.2) is 23.0 Å². The van der Waals surface area contributed by atoms with Gasteiger partial charge in [0.1, 0.15) is 13.2 Å². The van der Waals surface area contributed by atoms with Gasteiger partial charge in [-0.2, -0.15) is 0 Å². The second-order valence-electron chi connectivity index (χ2n) is 8.01. The first-order valence-electron chi connectivity index (χ1n) is 11.1. The van der Waals surface area contributed by atoms with Crippen molar-refractivity contribution in [1.82, 2.24) is 4.90 Å². The summed E-state index contributed by atoms with van der Waals surface area (Å²) >= 11 is 0. The van der Waals surface area contributed by atoms with Crippen LogP contribution in [0.1, 0.15) is 16.7 Å². The van der Waals surface area contributed by atoms with Crippen molar-refractivity contribution in [3.05, 3.63) is 83.4 Å². The number of rotatable bonds is 10. The summed E-state index contributed by atoms with van der Waals surface area (Å²) in [6.45, 7) is 1.16. The second-order valence-corrected chi connectivity index (χ2v) is 8.01. The van der Waals surface area contributed by atoms with Crippen molar-refractivity contribution >= 4 is 6.09 Å². The third-order valence-electron chi connectivity index (χ3n) is 5.81. The molecule has 4 rings (SSSR count). The highest BCUT2D eigenvalue weighted by Gasteiger charge is 2.33. The third kappa shape index (κ3) is 5.36. The molecule has 1 unspecified atom stereocenters. The largest absolute Gasteiger partial charge is 0.493 e. The highest BCUT2D eigenvalue weighted by Crippen LogP contribution is 2.32. The maximum atomic E-state index is 12.5. The van der Waals surface area contributed by atoms with Crippen LogP contribution in [-0.2, 0) is 24.3 Å². The van der Waals surface area contributed by atoms with E-state index in [1.54, 1.807) is 26.2 Å². The number of ether oxygens (including phenoxy) is 5. The van der Waals surface area contributed by atoms with Crippen LogP contribution in [0.4, 0.5) is 4.79 Å². The third-order valence-corrected chi connectivity index (χ3v) is 5.81. The van der Waals surface area contributed by atoms with E-state index in [0.717, 1.165) is 16.7 Å². The molecule has 178 valence electrons. The summed E-state index contributed by atoms with van der Waals surface area (Å²) in [5.74, 6) is 2.61. The van der Waals surface area contributed by atoms with Crippen LogP contribution in [-0.4, -0.2) is 45.0 Å². The van der Waals surface area contributed by atoms with Gasteiger partial charge in [0.25, 0.3) is 0 Å². The first-order chi connectivity index (χ1) is 16.6. The van der Waals surface area contributed by atoms with Gasteiger partial charge in [-0.15, -0.1) is 0 Å². The average molecular weight is 464 g/mol. The quantitative estimate of drug-likeness (QED) is 0.428. The first-order valence-corrected chi connectivity index (χ1v) is 11.1. The van der Waals surface area contributed by atoms with E-state index in [4.69, 9.17) is 23.7 Å². The molecule has 0 spiro atoms. The van der Waals surface area contributed by atoms with Crippen molar-refractivity contribution in [3.63, 3.8) is 0 Å². The summed E-state index contributed by atoms with van der Waals surface area (Å²) in [5.41, 5.74) is 3.03. The van der Waals surface area contributed by atoms with Crippen LogP contribution in [0.2, 0.25) is 0 Å². The van der Waals surface area contributed by atoms with Gasteiger partial charge >= 0.3 is 6.09 Å². The zero-order chi connectivity index (χ0) is 23.9. The minimum Gasteiger partial charge on any atom is -0.493 e. The molecule has 34 heavy (non-hydrogen) atoms. The van der Waals surface area contributed by atoms with Crippen molar-refractivity contribution in [2.75, 3.05) is 27.9 Å². The second kappa shape index (κ2) is 10.8. The van der Waals surface area contributed by atoms with Gasteiger partial charge in [0.2, 0.25) is 0 Å². The fourth-order valence-electron chi connectivity index (χ4n) is 4.00. The molecule has 1 saturated heterocycles. The number of methoxy groups -OCH3 is 3. The Morgan fingerprint density at radius 2 is 1.44 bits per heavy atom. The van der Waals surface area contributed by atoms with E-state index in [1.807, 2.05) is 66.7 Å². The molecule has 3 aromatic rings. The van der Waals surface area contributed by atoms with Gasteiger partial charge in [0.05, 0.1) is 27.4 Å². The van der Waals surface area contributed by atoms with Crippen LogP contribution in [0.15, 0.2) is 66.7 Å². The van der Waals surface area contributed by atoms with Crippen molar-refractivity contribution in [2.45, 2.75) is 25.6 Å². The van der Waals surface area contributed by atoms with Crippen LogP contribution in [0.25, 0.3) is 0 Å². The van der Waals surface area contributed by atoms with Crippen LogP contribution < -0.4 is 18.9 Å². The lowest BCUT2D eigenvalue weighted by Crippen LogP contribution is -2.34. The highest BCUT2D eigenvalue weighted by molar-refractivity contribution is 5.70. The lowest BCUT2D eigenvalue weighted by Gasteiger charge is -2.22. The zero-order valence-corrected chi connectivity index (χ0v) is 19.7. The summed E-state index contributed by atoms with van der Waals surface area (Å²) in [5, 5.41) is 0. The normalized spacial score (nSPS) is 15.1. The summed E-state index contributed by atoms with van der Waals surface area (Å²) in [7, 11) is 4.83. The van der Waals surface area contributed by atoms with Gasteiger partial charge in [0, 0.05) is 6.54 Å². The Hall–Kier alpha value is -3.87. The summed E-state index contributed by atoms with van der Waals surface area (Å²) in [6.07, 6.45) is 0.313. The summed E-state index contributed by atoms with van der Waals surface area (Å²) in [4.78, 5) is 14.3. The average Bonchev–Trinajstić information content (AvgIpc) is 3.21. The number of nitrogens with zero attached hydrogens (tertiary/aromatic N) is 1. The molecule has 7 heteroatoms. The van der Waals surface area contributed by atoms with Gasteiger partial charge in [-0.05, 0) is 47.4 Å². The van der Waals surface area contributed by atoms with Crippen LogP contribution in [0.3, 0.4) is 0 Å². The van der Waals surface area contributed by atoms with Gasteiger partial charge in [-0.1, -0.05) is 42.5 Å². The molecule has 0 saturated carbocycles. The Morgan fingerprint density at radius 3 is 2.15 bits per heavy atom. The van der Waals surface area contributed by atoms with Gasteiger partial charge in [-0.25, -0.2) is 4.79 Å². The van der Waals surface area contributed by atoms with Gasteiger partial charge < -0.3 is 23.7 Å². The molecule has 0 bridgehead atoms. The standard InChI is InChI=1S/C27H29NO6/c1-30-23-11-9-20(14-25(23)32-3)13-22-18-34-27(29)28(22)16-21-10-12-24(31-2)26(15-21)33-17-19-7-5-4-6-8-19/h4-12,14-15,22H,13,16-18H2,1-3H3. The summed E-state index contributed by atoms with van der Waals surface area (Å²) < 4.78 is 27.6. The number of amides is 1. The number of benzene rings is 3. The molecule has 0 radical (unpaired) electrons. The predicted octanol–water partition coefficient (Wildman–Crippen LogP) is 4.85. The molecule has 1 heterocycles. The molecule has 1 aliphatic rings. The number of carbonyl (C=O) groups excluding carboxylic acids is 1. The molecule has 0 aromatic heterocycles. The molecule has 7 nitrogen and oxygen atoms in total. The van der Waals surface area contributed by atoms with E-state index in [0.29, 0.717) is 49.2 Å². The Morgan fingerprint density at radius 1 is 0.794 bits per heavy atom. The van der Waals surface area contributed by atoms with Crippen LogP contribution >= 0.6 is 0 Å². The molecule has 1 amide bonds. The fraction of sp³-hybridized carbons (Fsp3) is 0.296. The molecular formula is C27H29NO6. The smallest absolute Gasteiger partial charge is 0.410 e. The Bertz CT molecular complexity index is 1120. The summed E-state index contributed by atoms with van der Waals surface area (Å²) in [6, 6.07) is 21.3. The van der Waals surface area contributed by atoms with E-state index >= 15 is 0 Å². The first kappa shape index (κ1) is 23.3. The van der Waals surface area contributed by atoms with Crippen molar-refractivity contribution in [2.24, 2.45) is 0 Å². The monoisotopic (exact) mass is 463 g/mol. The minimum atomic E-state index is -0.326. The van der Waals surface area contributed by atoms with Crippen molar-refractivity contribution in [1.29, 1.82) is 0 Å². The fourth-order valence-corrected chi connectivity index (χ4v) is 4.00. The Kier molecular flexibility index (Phi) is 7.42. The SMILES string of the molecule is COc1ccc(CC2COC(=O)N2Cc2ccc(OC)c(OCc3ccccc3)c2)cc1OC. The predicted molar refractivity (Wildman–Crippen MR) is 128 cm³/mol. The lowest BCUT2D eigenvalue weighted by molar-refractivity contribution is 0.156. The molecule has 1 aliphatic heterocycles. The van der Waals surface area contributed by atoms with E-state index in [9.17, 15) is 4.79 Å². The topological polar surface area (TPSA) is 66.5 Å². The number of cyclic esters (lactones) is 1. The van der Waals surface area contributed by atoms with E-state index in [1.165, 1.54) is 0 Å². The Balaban J connectivity index is 1.48.